The third-order valence-electron chi connectivity index (χ3n) is 11.9. The largest absolute Gasteiger partial charge is 0.309 e. The fourth-order valence-electron chi connectivity index (χ4n) is 9.27. The molecule has 0 unspecified atom stereocenters. The second kappa shape index (κ2) is 13.8. The zero-order valence-corrected chi connectivity index (χ0v) is 32.6. The Kier molecular flexibility index (Phi) is 7.82. The Morgan fingerprint density at radius 1 is 0.333 bits per heavy atom. The van der Waals surface area contributed by atoms with Crippen LogP contribution in [0.5, 0.6) is 0 Å². The van der Waals surface area contributed by atoms with Crippen molar-refractivity contribution in [1.82, 2.24) is 19.1 Å². The molecule has 0 aliphatic heterocycles. The summed E-state index contributed by atoms with van der Waals surface area (Å²) in [6, 6.07) is 77.8. The molecule has 0 aliphatic rings. The van der Waals surface area contributed by atoms with Crippen molar-refractivity contribution in [3.8, 4) is 56.4 Å². The minimum Gasteiger partial charge on any atom is -0.309 e. The molecule has 0 amide bonds. The van der Waals surface area contributed by atoms with Crippen LogP contribution >= 0.6 is 0 Å². The Bertz CT molecular complexity index is 3590. The van der Waals surface area contributed by atoms with Crippen LogP contribution in [0.25, 0.3) is 111 Å². The molecule has 9 aromatic carbocycles. The number of aromatic nitrogens is 4. The first-order valence-electron chi connectivity index (χ1n) is 20.4. The van der Waals surface area contributed by atoms with E-state index in [2.05, 4.69) is 221 Å². The van der Waals surface area contributed by atoms with Gasteiger partial charge in [0, 0.05) is 49.3 Å². The third kappa shape index (κ3) is 5.39. The van der Waals surface area contributed by atoms with Gasteiger partial charge in [-0.25, -0.2) is 9.97 Å². The molecular weight excluding hydrogens is 729 g/mol. The highest BCUT2D eigenvalue weighted by atomic mass is 15.0. The molecule has 0 saturated heterocycles. The van der Waals surface area contributed by atoms with Gasteiger partial charge < -0.3 is 9.13 Å². The molecule has 4 heteroatoms. The maximum atomic E-state index is 5.36. The average molecular weight is 765 g/mol. The van der Waals surface area contributed by atoms with Gasteiger partial charge in [-0.2, -0.15) is 0 Å². The SMILES string of the molecule is c1ccc(-c2cc(-c3ccccc3-c3ccccc3)nc(-c3cccc(-n4c5ccccc5c5ccc6c(c7ccccc7n6-c6cccc7ccccc67)c54)c3)n2)cc1. The van der Waals surface area contributed by atoms with Gasteiger partial charge in [0.15, 0.2) is 5.82 Å². The molecular formula is C56H36N4. The Hall–Kier alpha value is -8.08. The van der Waals surface area contributed by atoms with Crippen LogP contribution in [0.1, 0.15) is 0 Å². The number of para-hydroxylation sites is 2. The van der Waals surface area contributed by atoms with E-state index in [1.165, 1.54) is 54.6 Å². The fraction of sp³-hybridized carbons (Fsp3) is 0. The molecule has 0 spiro atoms. The second-order valence-electron chi connectivity index (χ2n) is 15.3. The predicted octanol–water partition coefficient (Wildman–Crippen LogP) is 14.5. The minimum atomic E-state index is 0.676. The summed E-state index contributed by atoms with van der Waals surface area (Å²) < 4.78 is 4.89. The van der Waals surface area contributed by atoms with Crippen LogP contribution in [0.15, 0.2) is 218 Å². The zero-order chi connectivity index (χ0) is 39.6. The van der Waals surface area contributed by atoms with Crippen LogP contribution in [-0.4, -0.2) is 19.1 Å². The van der Waals surface area contributed by atoms with E-state index in [1.54, 1.807) is 0 Å². The van der Waals surface area contributed by atoms with Gasteiger partial charge in [-0.05, 0) is 59.0 Å². The standard InChI is InChI=1S/C56H36N4/c1-3-17-37(18-4-1)42-25-9-10-27-44(42)49-36-48(39-20-5-2-6-21-39)57-56(58-49)40-23-15-24-41(35-40)59-51-30-13-11-28-45(51)46-33-34-53-54(55(46)59)47-29-12-14-31-52(47)60(53)50-32-16-22-38-19-7-8-26-43(38)50/h1-36H. The monoisotopic (exact) mass is 764 g/mol. The molecule has 0 saturated carbocycles. The first kappa shape index (κ1) is 34.0. The zero-order valence-electron chi connectivity index (χ0n) is 32.6. The number of hydrogen-bond donors (Lipinski definition) is 0. The van der Waals surface area contributed by atoms with Crippen LogP contribution in [0.2, 0.25) is 0 Å². The van der Waals surface area contributed by atoms with Crippen LogP contribution in [0.3, 0.4) is 0 Å². The van der Waals surface area contributed by atoms with Crippen LogP contribution in [-0.2, 0) is 0 Å². The first-order chi connectivity index (χ1) is 29.8. The second-order valence-corrected chi connectivity index (χ2v) is 15.3. The highest BCUT2D eigenvalue weighted by Crippen LogP contribution is 2.43. The van der Waals surface area contributed by atoms with Gasteiger partial charge in [0.05, 0.1) is 39.1 Å². The Labute approximate surface area is 346 Å². The van der Waals surface area contributed by atoms with Crippen LogP contribution < -0.4 is 0 Å². The van der Waals surface area contributed by atoms with Crippen LogP contribution in [0.4, 0.5) is 0 Å². The van der Waals surface area contributed by atoms with Crippen molar-refractivity contribution in [2.75, 3.05) is 0 Å². The lowest BCUT2D eigenvalue weighted by molar-refractivity contribution is 1.16. The number of fused-ring (bicyclic) bond motifs is 8. The van der Waals surface area contributed by atoms with E-state index in [0.717, 1.165) is 50.4 Å². The molecule has 0 fully saturated rings. The molecule has 0 bridgehead atoms. The molecule has 0 aliphatic carbocycles. The topological polar surface area (TPSA) is 35.6 Å². The minimum absolute atomic E-state index is 0.676. The quantitative estimate of drug-likeness (QED) is 0.169. The molecule has 280 valence electrons. The predicted molar refractivity (Wildman–Crippen MR) is 250 cm³/mol. The van der Waals surface area contributed by atoms with Crippen LogP contribution in [0, 0.1) is 0 Å². The van der Waals surface area contributed by atoms with Gasteiger partial charge in [-0.3, -0.25) is 0 Å². The fourth-order valence-corrected chi connectivity index (χ4v) is 9.27. The summed E-state index contributed by atoms with van der Waals surface area (Å²) in [5.74, 6) is 0.676. The molecule has 0 atom stereocenters. The van der Waals surface area contributed by atoms with E-state index >= 15 is 0 Å². The first-order valence-corrected chi connectivity index (χ1v) is 20.4. The molecule has 0 N–H and O–H groups in total. The van der Waals surface area contributed by atoms with Crippen molar-refractivity contribution in [3.05, 3.63) is 218 Å². The summed E-state index contributed by atoms with van der Waals surface area (Å²) in [5, 5.41) is 7.31. The molecule has 12 rings (SSSR count). The Balaban J connectivity index is 1.11. The third-order valence-corrected chi connectivity index (χ3v) is 11.9. The molecule has 60 heavy (non-hydrogen) atoms. The number of nitrogens with zero attached hydrogens (tertiary/aromatic N) is 4. The average Bonchev–Trinajstić information content (AvgIpc) is 3.85. The van der Waals surface area contributed by atoms with Gasteiger partial charge in [0.25, 0.3) is 0 Å². The maximum Gasteiger partial charge on any atom is 0.160 e. The van der Waals surface area contributed by atoms with Crippen molar-refractivity contribution in [2.45, 2.75) is 0 Å². The molecule has 3 heterocycles. The van der Waals surface area contributed by atoms with E-state index in [9.17, 15) is 0 Å². The van der Waals surface area contributed by atoms with E-state index in [1.807, 2.05) is 6.07 Å². The summed E-state index contributed by atoms with van der Waals surface area (Å²) >= 11 is 0. The van der Waals surface area contributed by atoms with Gasteiger partial charge in [-0.1, -0.05) is 176 Å². The van der Waals surface area contributed by atoms with Gasteiger partial charge >= 0.3 is 0 Å². The van der Waals surface area contributed by atoms with Crippen molar-refractivity contribution in [1.29, 1.82) is 0 Å². The molecule has 12 aromatic rings. The van der Waals surface area contributed by atoms with Crippen molar-refractivity contribution in [3.63, 3.8) is 0 Å². The smallest absolute Gasteiger partial charge is 0.160 e. The highest BCUT2D eigenvalue weighted by Gasteiger charge is 2.22. The molecule has 0 radical (unpaired) electrons. The number of hydrogen-bond acceptors (Lipinski definition) is 2. The Morgan fingerprint density at radius 3 is 1.75 bits per heavy atom. The number of benzene rings is 9. The van der Waals surface area contributed by atoms with E-state index in [4.69, 9.17) is 9.97 Å². The summed E-state index contributed by atoms with van der Waals surface area (Å²) in [4.78, 5) is 10.6. The van der Waals surface area contributed by atoms with Gasteiger partial charge in [-0.15, -0.1) is 0 Å². The van der Waals surface area contributed by atoms with Crippen molar-refractivity contribution >= 4 is 54.4 Å². The summed E-state index contributed by atoms with van der Waals surface area (Å²) in [6.07, 6.45) is 0. The summed E-state index contributed by atoms with van der Waals surface area (Å²) in [7, 11) is 0. The summed E-state index contributed by atoms with van der Waals surface area (Å²) in [6.45, 7) is 0. The van der Waals surface area contributed by atoms with E-state index in [-0.39, 0.29) is 0 Å². The lowest BCUT2D eigenvalue weighted by atomic mass is 9.96. The molecule has 3 aromatic heterocycles. The normalized spacial score (nSPS) is 11.7. The molecule has 4 nitrogen and oxygen atoms in total. The summed E-state index contributed by atoms with van der Waals surface area (Å²) in [5.41, 5.74) is 14.0. The highest BCUT2D eigenvalue weighted by molar-refractivity contribution is 6.26. The van der Waals surface area contributed by atoms with Gasteiger partial charge in [0.2, 0.25) is 0 Å². The van der Waals surface area contributed by atoms with Gasteiger partial charge in [0.1, 0.15) is 0 Å². The maximum absolute atomic E-state index is 5.36. The number of rotatable bonds is 6. The van der Waals surface area contributed by atoms with E-state index in [0.29, 0.717) is 5.82 Å². The van der Waals surface area contributed by atoms with Crippen molar-refractivity contribution in [2.24, 2.45) is 0 Å². The van der Waals surface area contributed by atoms with E-state index < -0.39 is 0 Å². The lowest BCUT2D eigenvalue weighted by Crippen LogP contribution is -1.99. The lowest BCUT2D eigenvalue weighted by Gasteiger charge is -2.14. The van der Waals surface area contributed by atoms with Crippen molar-refractivity contribution < 1.29 is 0 Å². The Morgan fingerprint density at radius 2 is 0.933 bits per heavy atom.